The van der Waals surface area contributed by atoms with Crippen LogP contribution in [0, 0.1) is 5.82 Å². The molecule has 0 saturated carbocycles. The van der Waals surface area contributed by atoms with Gasteiger partial charge in [0.2, 0.25) is 11.2 Å². The fraction of sp³-hybridized carbons (Fsp3) is 0.286. The van der Waals surface area contributed by atoms with E-state index in [0.29, 0.717) is 16.4 Å². The van der Waals surface area contributed by atoms with Crippen molar-refractivity contribution < 1.29 is 14.0 Å². The summed E-state index contributed by atoms with van der Waals surface area (Å²) in [5.74, 6) is -0.692. The Labute approximate surface area is 130 Å². The Morgan fingerprint density at radius 2 is 2.36 bits per heavy atom. The number of halogens is 1. The van der Waals surface area contributed by atoms with Crippen LogP contribution in [0.3, 0.4) is 0 Å². The second-order valence-corrected chi connectivity index (χ2v) is 5.75. The third-order valence-corrected chi connectivity index (χ3v) is 4.10. The molecule has 1 aromatic heterocycles. The number of hydrogen-bond acceptors (Lipinski definition) is 6. The van der Waals surface area contributed by atoms with Crippen LogP contribution in [0.25, 0.3) is 0 Å². The lowest BCUT2D eigenvalue weighted by molar-refractivity contribution is -0.125. The number of nitrogens with one attached hydrogen (secondary N) is 1. The molecule has 1 aliphatic heterocycles. The Morgan fingerprint density at radius 3 is 3.09 bits per heavy atom. The molecule has 1 amide bonds. The quantitative estimate of drug-likeness (QED) is 0.938. The molecule has 1 aromatic carbocycles. The van der Waals surface area contributed by atoms with E-state index in [4.69, 9.17) is 4.84 Å². The first-order chi connectivity index (χ1) is 10.7. The second kappa shape index (κ2) is 6.18. The van der Waals surface area contributed by atoms with Gasteiger partial charge in [0.15, 0.2) is 0 Å². The van der Waals surface area contributed by atoms with Crippen LogP contribution in [0.2, 0.25) is 0 Å². The zero-order chi connectivity index (χ0) is 15.5. The molecule has 0 radical (unpaired) electrons. The average molecular weight is 320 g/mol. The number of aromatic nitrogens is 2. The molecule has 0 aliphatic carbocycles. The van der Waals surface area contributed by atoms with Gasteiger partial charge >= 0.3 is 0 Å². The summed E-state index contributed by atoms with van der Waals surface area (Å²) >= 11 is 1.32. The first-order valence-electron chi connectivity index (χ1n) is 6.77. The van der Waals surface area contributed by atoms with Crippen molar-refractivity contribution in [1.29, 1.82) is 0 Å². The minimum atomic E-state index is -0.743. The van der Waals surface area contributed by atoms with Crippen molar-refractivity contribution in [3.8, 4) is 0 Å². The molecule has 0 unspecified atom stereocenters. The Hall–Kier alpha value is -2.35. The molecule has 2 aromatic rings. The van der Waals surface area contributed by atoms with Gasteiger partial charge in [-0.15, -0.1) is 10.2 Å². The number of amides is 1. The molecule has 0 bridgehead atoms. The van der Waals surface area contributed by atoms with Gasteiger partial charge in [-0.25, -0.2) is 4.39 Å². The summed E-state index contributed by atoms with van der Waals surface area (Å²) in [6, 6.07) is 6.03. The molecule has 8 heteroatoms. The van der Waals surface area contributed by atoms with Crippen molar-refractivity contribution in [2.45, 2.75) is 25.9 Å². The van der Waals surface area contributed by atoms with Crippen LogP contribution in [-0.4, -0.2) is 27.9 Å². The highest BCUT2D eigenvalue weighted by Crippen LogP contribution is 2.20. The molecule has 6 nitrogen and oxygen atoms in total. The largest absolute Gasteiger partial charge is 0.382 e. The molecule has 114 valence electrons. The normalized spacial score (nSPS) is 17.0. The third kappa shape index (κ3) is 3.11. The van der Waals surface area contributed by atoms with E-state index in [1.54, 1.807) is 12.1 Å². The van der Waals surface area contributed by atoms with Crippen LogP contribution in [0.5, 0.6) is 0 Å². The summed E-state index contributed by atoms with van der Waals surface area (Å²) in [5.41, 5.74) is 1.16. The minimum Gasteiger partial charge on any atom is -0.382 e. The SMILES string of the molecule is CCc1nnc(NC(=O)[C@H]2CC(c3cccc(F)c3)=NO2)s1. The monoisotopic (exact) mass is 320 g/mol. The highest BCUT2D eigenvalue weighted by atomic mass is 32.1. The van der Waals surface area contributed by atoms with Crippen LogP contribution in [0.15, 0.2) is 29.4 Å². The lowest BCUT2D eigenvalue weighted by Gasteiger charge is -2.06. The van der Waals surface area contributed by atoms with Crippen molar-refractivity contribution in [2.75, 3.05) is 5.32 Å². The van der Waals surface area contributed by atoms with Gasteiger partial charge in [0.25, 0.3) is 5.91 Å². The highest BCUT2D eigenvalue weighted by molar-refractivity contribution is 7.15. The predicted molar refractivity (Wildman–Crippen MR) is 80.3 cm³/mol. The Morgan fingerprint density at radius 1 is 1.50 bits per heavy atom. The number of hydrogen-bond donors (Lipinski definition) is 1. The fourth-order valence-electron chi connectivity index (χ4n) is 1.99. The van der Waals surface area contributed by atoms with Crippen molar-refractivity contribution in [3.05, 3.63) is 40.7 Å². The molecular weight excluding hydrogens is 307 g/mol. The van der Waals surface area contributed by atoms with Crippen molar-refractivity contribution in [2.24, 2.45) is 5.16 Å². The number of carbonyl (C=O) groups excluding carboxylic acids is 1. The second-order valence-electron chi connectivity index (χ2n) is 4.69. The summed E-state index contributed by atoms with van der Waals surface area (Å²) in [6.07, 6.45) is 0.307. The summed E-state index contributed by atoms with van der Waals surface area (Å²) in [6.45, 7) is 1.96. The predicted octanol–water partition coefficient (Wildman–Crippen LogP) is 2.37. The standard InChI is InChI=1S/C14H13FN4O2S/c1-2-12-17-18-14(22-12)16-13(20)11-7-10(19-21-11)8-4-3-5-9(15)6-8/h3-6,11H,2,7H2,1H3,(H,16,18,20)/t11-/m1/s1. The number of oxime groups is 1. The number of benzene rings is 1. The maximum atomic E-state index is 13.2. The maximum Gasteiger partial charge on any atom is 0.270 e. The van der Waals surface area contributed by atoms with Gasteiger partial charge in [0, 0.05) is 12.0 Å². The highest BCUT2D eigenvalue weighted by Gasteiger charge is 2.29. The van der Waals surface area contributed by atoms with Gasteiger partial charge in [-0.3, -0.25) is 10.1 Å². The first kappa shape index (κ1) is 14.6. The molecule has 0 fully saturated rings. The Bertz CT molecular complexity index is 731. The van der Waals surface area contributed by atoms with Crippen molar-refractivity contribution in [1.82, 2.24) is 10.2 Å². The molecule has 1 N–H and O–H groups in total. The molecule has 22 heavy (non-hydrogen) atoms. The molecule has 3 rings (SSSR count). The lowest BCUT2D eigenvalue weighted by atomic mass is 10.0. The molecule has 1 aliphatic rings. The van der Waals surface area contributed by atoms with E-state index in [0.717, 1.165) is 11.4 Å². The number of carbonyl (C=O) groups is 1. The number of rotatable bonds is 4. The van der Waals surface area contributed by atoms with Crippen LogP contribution in [-0.2, 0) is 16.1 Å². The van der Waals surface area contributed by atoms with E-state index < -0.39 is 6.10 Å². The summed E-state index contributed by atoms with van der Waals surface area (Å²) < 4.78 is 13.2. The van der Waals surface area contributed by atoms with Crippen molar-refractivity contribution >= 4 is 28.1 Å². The molecular formula is C14H13FN4O2S. The smallest absolute Gasteiger partial charge is 0.270 e. The fourth-order valence-corrected chi connectivity index (χ4v) is 2.67. The van der Waals surface area contributed by atoms with E-state index in [-0.39, 0.29) is 18.1 Å². The first-order valence-corrected chi connectivity index (χ1v) is 7.59. The van der Waals surface area contributed by atoms with Gasteiger partial charge in [0.05, 0.1) is 5.71 Å². The van der Waals surface area contributed by atoms with Gasteiger partial charge in [-0.05, 0) is 18.6 Å². The summed E-state index contributed by atoms with van der Waals surface area (Å²) in [7, 11) is 0. The van der Waals surface area contributed by atoms with Crippen LogP contribution >= 0.6 is 11.3 Å². The lowest BCUT2D eigenvalue weighted by Crippen LogP contribution is -2.28. The van der Waals surface area contributed by atoms with Crippen LogP contribution in [0.1, 0.15) is 23.9 Å². The average Bonchev–Trinajstić information content (AvgIpc) is 3.16. The van der Waals surface area contributed by atoms with Crippen LogP contribution in [0.4, 0.5) is 9.52 Å². The molecule has 1 atom stereocenters. The number of anilines is 1. The molecule has 0 spiro atoms. The van der Waals surface area contributed by atoms with Gasteiger partial charge in [-0.1, -0.05) is 35.5 Å². The van der Waals surface area contributed by atoms with E-state index in [1.807, 2.05) is 6.92 Å². The third-order valence-electron chi connectivity index (χ3n) is 3.12. The van der Waals surface area contributed by atoms with E-state index in [2.05, 4.69) is 20.7 Å². The maximum absolute atomic E-state index is 13.2. The van der Waals surface area contributed by atoms with E-state index >= 15 is 0 Å². The van der Waals surface area contributed by atoms with E-state index in [1.165, 1.54) is 23.5 Å². The van der Waals surface area contributed by atoms with E-state index in [9.17, 15) is 9.18 Å². The van der Waals surface area contributed by atoms with Gasteiger partial charge in [-0.2, -0.15) is 0 Å². The summed E-state index contributed by atoms with van der Waals surface area (Å²) in [4.78, 5) is 17.2. The molecule has 2 heterocycles. The Balaban J connectivity index is 1.62. The van der Waals surface area contributed by atoms with Gasteiger partial charge < -0.3 is 4.84 Å². The number of nitrogens with zero attached hydrogens (tertiary/aromatic N) is 3. The zero-order valence-corrected chi connectivity index (χ0v) is 12.6. The summed E-state index contributed by atoms with van der Waals surface area (Å²) in [5, 5.41) is 15.6. The van der Waals surface area contributed by atoms with Crippen molar-refractivity contribution in [3.63, 3.8) is 0 Å². The minimum absolute atomic E-state index is 0.286. The molecule has 0 saturated heterocycles. The number of aryl methyl sites for hydroxylation is 1. The zero-order valence-electron chi connectivity index (χ0n) is 11.7. The van der Waals surface area contributed by atoms with Crippen LogP contribution < -0.4 is 5.32 Å². The Kier molecular flexibility index (Phi) is 4.10. The topological polar surface area (TPSA) is 76.5 Å². The van der Waals surface area contributed by atoms with Gasteiger partial charge in [0.1, 0.15) is 10.8 Å².